The van der Waals surface area contributed by atoms with Crippen LogP contribution in [0.2, 0.25) is 0 Å². The zero-order valence-corrected chi connectivity index (χ0v) is 15.9. The van der Waals surface area contributed by atoms with E-state index in [9.17, 15) is 14.9 Å². The van der Waals surface area contributed by atoms with E-state index in [0.29, 0.717) is 31.0 Å². The molecule has 7 nitrogen and oxygen atoms in total. The lowest BCUT2D eigenvalue weighted by Crippen LogP contribution is -2.38. The monoisotopic (exact) mass is 384 g/mol. The van der Waals surface area contributed by atoms with Gasteiger partial charge >= 0.3 is 0 Å². The second-order valence-corrected chi connectivity index (χ2v) is 6.78. The summed E-state index contributed by atoms with van der Waals surface area (Å²) < 4.78 is 11.1. The van der Waals surface area contributed by atoms with E-state index in [-0.39, 0.29) is 24.1 Å². The average molecular weight is 384 g/mol. The van der Waals surface area contributed by atoms with Crippen molar-refractivity contribution < 1.29 is 19.2 Å². The maximum absolute atomic E-state index is 13.1. The van der Waals surface area contributed by atoms with Gasteiger partial charge in [0.2, 0.25) is 5.91 Å². The quantitative estimate of drug-likeness (QED) is 0.515. The molecule has 3 rings (SSSR count). The first-order chi connectivity index (χ1) is 13.6. The summed E-state index contributed by atoms with van der Waals surface area (Å²) in [6, 6.07) is 13.9. The number of para-hydroxylation sites is 2. The minimum Gasteiger partial charge on any atom is -0.496 e. The fraction of sp³-hybridized carbons (Fsp3) is 0.381. The van der Waals surface area contributed by atoms with Crippen LogP contribution in [0.15, 0.2) is 48.5 Å². The van der Waals surface area contributed by atoms with Crippen LogP contribution < -0.4 is 4.74 Å². The molecule has 7 heteroatoms. The van der Waals surface area contributed by atoms with Crippen LogP contribution in [0, 0.1) is 10.1 Å². The Morgan fingerprint density at radius 3 is 2.61 bits per heavy atom. The van der Waals surface area contributed by atoms with Crippen LogP contribution in [0.25, 0.3) is 0 Å². The van der Waals surface area contributed by atoms with E-state index in [1.54, 1.807) is 30.2 Å². The molecule has 0 saturated carbocycles. The minimum absolute atomic E-state index is 0.00980. The van der Waals surface area contributed by atoms with E-state index in [1.165, 1.54) is 6.07 Å². The molecule has 1 amide bonds. The second kappa shape index (κ2) is 9.32. The molecule has 0 aromatic heterocycles. The number of nitro benzene ring substituents is 1. The molecule has 1 aliphatic rings. The molecule has 1 unspecified atom stereocenters. The van der Waals surface area contributed by atoms with Gasteiger partial charge in [-0.15, -0.1) is 0 Å². The Morgan fingerprint density at radius 1 is 1.21 bits per heavy atom. The summed E-state index contributed by atoms with van der Waals surface area (Å²) in [6.45, 7) is 1.52. The summed E-state index contributed by atoms with van der Waals surface area (Å²) in [7, 11) is 1.60. The number of carbonyl (C=O) groups excluding carboxylic acids is 1. The molecule has 1 aliphatic heterocycles. The fourth-order valence-electron chi connectivity index (χ4n) is 3.44. The van der Waals surface area contributed by atoms with Crippen LogP contribution >= 0.6 is 0 Å². The minimum atomic E-state index is -0.451. The van der Waals surface area contributed by atoms with Crippen molar-refractivity contribution in [3.8, 4) is 5.75 Å². The van der Waals surface area contributed by atoms with Crippen molar-refractivity contribution in [2.45, 2.75) is 31.9 Å². The number of carbonyl (C=O) groups is 1. The van der Waals surface area contributed by atoms with Gasteiger partial charge in [0.25, 0.3) is 5.69 Å². The van der Waals surface area contributed by atoms with Gasteiger partial charge in [0.1, 0.15) is 5.75 Å². The highest BCUT2D eigenvalue weighted by Gasteiger charge is 2.25. The molecule has 2 aromatic rings. The molecule has 1 heterocycles. The van der Waals surface area contributed by atoms with Crippen molar-refractivity contribution in [1.82, 2.24) is 4.90 Å². The van der Waals surface area contributed by atoms with Crippen LogP contribution in [0.5, 0.6) is 5.75 Å². The Labute approximate surface area is 164 Å². The van der Waals surface area contributed by atoms with Gasteiger partial charge in [0, 0.05) is 36.9 Å². The van der Waals surface area contributed by atoms with Crippen molar-refractivity contribution in [2.24, 2.45) is 0 Å². The molecular formula is C21H24N2O5. The van der Waals surface area contributed by atoms with Crippen LogP contribution in [0.3, 0.4) is 0 Å². The summed E-state index contributed by atoms with van der Waals surface area (Å²) in [6.07, 6.45) is 1.84. The molecule has 2 aromatic carbocycles. The van der Waals surface area contributed by atoms with Gasteiger partial charge in [-0.1, -0.05) is 36.4 Å². The maximum Gasteiger partial charge on any atom is 0.273 e. The number of amides is 1. The number of rotatable bonds is 8. The third-order valence-corrected chi connectivity index (χ3v) is 4.88. The highest BCUT2D eigenvalue weighted by Crippen LogP contribution is 2.23. The van der Waals surface area contributed by atoms with Crippen molar-refractivity contribution in [1.29, 1.82) is 0 Å². The van der Waals surface area contributed by atoms with Crippen molar-refractivity contribution >= 4 is 11.6 Å². The molecule has 148 valence electrons. The topological polar surface area (TPSA) is 81.9 Å². The third kappa shape index (κ3) is 4.86. The molecule has 1 saturated heterocycles. The zero-order chi connectivity index (χ0) is 19.9. The molecule has 0 spiro atoms. The molecule has 0 aliphatic carbocycles. The van der Waals surface area contributed by atoms with Crippen molar-refractivity contribution in [3.63, 3.8) is 0 Å². The molecular weight excluding hydrogens is 360 g/mol. The highest BCUT2D eigenvalue weighted by molar-refractivity contribution is 5.80. The Morgan fingerprint density at radius 2 is 1.93 bits per heavy atom. The number of benzene rings is 2. The van der Waals surface area contributed by atoms with E-state index in [0.717, 1.165) is 18.4 Å². The molecule has 28 heavy (non-hydrogen) atoms. The second-order valence-electron chi connectivity index (χ2n) is 6.78. The number of nitro groups is 1. The first-order valence-corrected chi connectivity index (χ1v) is 9.32. The van der Waals surface area contributed by atoms with Crippen LogP contribution in [0.1, 0.15) is 24.0 Å². The summed E-state index contributed by atoms with van der Waals surface area (Å²) in [5, 5.41) is 11.3. The molecule has 1 atom stereocenters. The molecule has 0 radical (unpaired) electrons. The van der Waals surface area contributed by atoms with E-state index in [2.05, 4.69) is 0 Å². The van der Waals surface area contributed by atoms with E-state index in [1.807, 2.05) is 24.3 Å². The van der Waals surface area contributed by atoms with Gasteiger partial charge in [-0.25, -0.2) is 0 Å². The Kier molecular flexibility index (Phi) is 6.60. The van der Waals surface area contributed by atoms with E-state index in [4.69, 9.17) is 9.47 Å². The maximum atomic E-state index is 13.1. The standard InChI is InChI=1S/C21H24N2O5/c1-27-20-11-5-3-8-17(20)14-22(15-18-9-6-12-28-18)21(24)13-16-7-2-4-10-19(16)23(25)26/h2-5,7-8,10-11,18H,6,9,12-15H2,1H3. The molecule has 0 bridgehead atoms. The van der Waals surface area contributed by atoms with Crippen molar-refractivity contribution in [3.05, 3.63) is 69.8 Å². The predicted molar refractivity (Wildman–Crippen MR) is 104 cm³/mol. The Balaban J connectivity index is 1.81. The van der Waals surface area contributed by atoms with Crippen LogP contribution in [-0.2, 0) is 22.5 Å². The van der Waals surface area contributed by atoms with Crippen molar-refractivity contribution in [2.75, 3.05) is 20.3 Å². The number of hydrogen-bond acceptors (Lipinski definition) is 5. The van der Waals surface area contributed by atoms with Gasteiger partial charge in [0.05, 0.1) is 24.6 Å². The molecule has 0 N–H and O–H groups in total. The summed E-state index contributed by atoms with van der Waals surface area (Å²) in [5.74, 6) is 0.536. The van der Waals surface area contributed by atoms with Gasteiger partial charge in [0.15, 0.2) is 0 Å². The summed E-state index contributed by atoms with van der Waals surface area (Å²) in [4.78, 5) is 25.6. The van der Waals surface area contributed by atoms with E-state index >= 15 is 0 Å². The SMILES string of the molecule is COc1ccccc1CN(CC1CCCO1)C(=O)Cc1ccccc1[N+](=O)[O-]. The Bertz CT molecular complexity index is 833. The number of nitrogens with zero attached hydrogens (tertiary/aromatic N) is 2. The highest BCUT2D eigenvalue weighted by atomic mass is 16.6. The molecule has 1 fully saturated rings. The lowest BCUT2D eigenvalue weighted by Gasteiger charge is -2.26. The number of hydrogen-bond donors (Lipinski definition) is 0. The van der Waals surface area contributed by atoms with E-state index < -0.39 is 4.92 Å². The van der Waals surface area contributed by atoms with Crippen LogP contribution in [-0.4, -0.2) is 42.1 Å². The summed E-state index contributed by atoms with van der Waals surface area (Å²) in [5.41, 5.74) is 1.26. The summed E-state index contributed by atoms with van der Waals surface area (Å²) >= 11 is 0. The first kappa shape index (κ1) is 19.8. The fourth-order valence-corrected chi connectivity index (χ4v) is 3.44. The van der Waals surface area contributed by atoms with Gasteiger partial charge in [-0.05, 0) is 18.9 Å². The average Bonchev–Trinajstić information content (AvgIpc) is 3.21. The lowest BCUT2D eigenvalue weighted by atomic mass is 10.1. The van der Waals surface area contributed by atoms with Crippen LogP contribution in [0.4, 0.5) is 5.69 Å². The predicted octanol–water partition coefficient (Wildman–Crippen LogP) is 3.35. The normalized spacial score (nSPS) is 16.0. The lowest BCUT2D eigenvalue weighted by molar-refractivity contribution is -0.385. The first-order valence-electron chi connectivity index (χ1n) is 9.32. The van der Waals surface area contributed by atoms with Gasteiger partial charge < -0.3 is 14.4 Å². The third-order valence-electron chi connectivity index (χ3n) is 4.88. The van der Waals surface area contributed by atoms with Gasteiger partial charge in [-0.3, -0.25) is 14.9 Å². The Hall–Kier alpha value is -2.93. The largest absolute Gasteiger partial charge is 0.496 e. The zero-order valence-electron chi connectivity index (χ0n) is 15.9. The number of ether oxygens (including phenoxy) is 2. The smallest absolute Gasteiger partial charge is 0.273 e. The van der Waals surface area contributed by atoms with Gasteiger partial charge in [-0.2, -0.15) is 0 Å². The number of methoxy groups -OCH3 is 1.